The molecule has 0 saturated carbocycles. The van der Waals surface area contributed by atoms with Crippen molar-refractivity contribution in [2.24, 2.45) is 0 Å². The van der Waals surface area contributed by atoms with E-state index in [9.17, 15) is 19.8 Å². The van der Waals surface area contributed by atoms with Gasteiger partial charge in [-0.2, -0.15) is 0 Å². The molecule has 0 spiro atoms. The second kappa shape index (κ2) is 11.8. The quantitative estimate of drug-likeness (QED) is 0.601. The second-order valence-corrected chi connectivity index (χ2v) is 3.66. The van der Waals surface area contributed by atoms with Gasteiger partial charge in [-0.25, -0.2) is 0 Å². The number of carboxylic acids is 2. The van der Waals surface area contributed by atoms with Crippen molar-refractivity contribution in [2.75, 3.05) is 5.75 Å². The molecule has 0 unspecified atom stereocenters. The zero-order chi connectivity index (χ0) is 13.3. The first-order valence-corrected chi connectivity index (χ1v) is 5.76. The summed E-state index contributed by atoms with van der Waals surface area (Å²) >= 11 is 0.902. The van der Waals surface area contributed by atoms with Gasteiger partial charge in [0.25, 0.3) is 0 Å². The van der Waals surface area contributed by atoms with Crippen LogP contribution in [0.1, 0.15) is 34.1 Å². The molecule has 0 fully saturated rings. The Morgan fingerprint density at radius 1 is 1.22 bits per heavy atom. The fourth-order valence-corrected chi connectivity index (χ4v) is 1.05. The van der Waals surface area contributed by atoms with Crippen LogP contribution in [-0.2, 0) is 0 Å². The second-order valence-electron chi connectivity index (χ2n) is 2.99. The number of carbonyl (C=O) groups excluding carboxylic acids is 2. The third kappa shape index (κ3) is 8.77. The minimum Gasteiger partial charge on any atom is -0.545 e. The SMILES string of the molecule is CCCSO.O=C([O-])c1cccc(C(=O)[O-])c1.[Ca+2]. The summed E-state index contributed by atoms with van der Waals surface area (Å²) in [6.45, 7) is 2.03. The molecular weight excluding hydrogens is 284 g/mol. The summed E-state index contributed by atoms with van der Waals surface area (Å²) in [5.41, 5.74) is -0.339. The van der Waals surface area contributed by atoms with Crippen molar-refractivity contribution in [3.8, 4) is 0 Å². The number of benzene rings is 1. The minimum atomic E-state index is -1.40. The van der Waals surface area contributed by atoms with Crippen LogP contribution < -0.4 is 10.2 Å². The van der Waals surface area contributed by atoms with Gasteiger partial charge < -0.3 is 24.4 Å². The third-order valence-electron chi connectivity index (χ3n) is 1.63. The van der Waals surface area contributed by atoms with E-state index in [1.807, 2.05) is 6.92 Å². The molecule has 5 nitrogen and oxygen atoms in total. The Labute approximate surface area is 139 Å². The van der Waals surface area contributed by atoms with Gasteiger partial charge in [-0.1, -0.05) is 25.1 Å². The summed E-state index contributed by atoms with van der Waals surface area (Å²) in [5, 5.41) is 20.5. The van der Waals surface area contributed by atoms with E-state index in [1.54, 1.807) is 0 Å². The molecule has 1 rings (SSSR count). The maximum Gasteiger partial charge on any atom is 2.00 e. The maximum atomic E-state index is 10.3. The van der Waals surface area contributed by atoms with Crippen LogP contribution in [0.3, 0.4) is 0 Å². The molecular formula is C11H12CaO5S. The van der Waals surface area contributed by atoms with Crippen LogP contribution in [0, 0.1) is 0 Å². The minimum absolute atomic E-state index is 0. The smallest absolute Gasteiger partial charge is 0.545 e. The van der Waals surface area contributed by atoms with Crippen LogP contribution in [0.4, 0.5) is 0 Å². The van der Waals surface area contributed by atoms with Crippen LogP contribution in [-0.4, -0.2) is 60.0 Å². The van der Waals surface area contributed by atoms with Crippen molar-refractivity contribution in [3.05, 3.63) is 35.4 Å². The molecule has 0 heterocycles. The molecule has 0 amide bonds. The van der Waals surface area contributed by atoms with Crippen molar-refractivity contribution >= 4 is 61.7 Å². The molecule has 0 atom stereocenters. The molecule has 0 bridgehead atoms. The Balaban J connectivity index is 0. The van der Waals surface area contributed by atoms with Crippen LogP contribution >= 0.6 is 12.0 Å². The van der Waals surface area contributed by atoms with Gasteiger partial charge in [0, 0.05) is 5.75 Å². The zero-order valence-electron chi connectivity index (χ0n) is 9.92. The number of rotatable bonds is 4. The first kappa shape index (κ1) is 20.1. The summed E-state index contributed by atoms with van der Waals surface area (Å²) in [6.07, 6.45) is 1.06. The fraction of sp³-hybridized carbons (Fsp3) is 0.273. The van der Waals surface area contributed by atoms with Crippen LogP contribution in [0.15, 0.2) is 24.3 Å². The zero-order valence-corrected chi connectivity index (χ0v) is 12.9. The van der Waals surface area contributed by atoms with E-state index >= 15 is 0 Å². The first-order chi connectivity index (χ1) is 8.02. The van der Waals surface area contributed by atoms with E-state index in [0.717, 1.165) is 30.3 Å². The molecule has 0 aliphatic carbocycles. The molecule has 1 N–H and O–H groups in total. The van der Waals surface area contributed by atoms with Crippen molar-refractivity contribution in [1.82, 2.24) is 0 Å². The molecule has 7 heteroatoms. The molecule has 0 saturated heterocycles. The summed E-state index contributed by atoms with van der Waals surface area (Å²) in [6, 6.07) is 4.81. The van der Waals surface area contributed by atoms with Gasteiger partial charge in [0.2, 0.25) is 0 Å². The summed E-state index contributed by atoms with van der Waals surface area (Å²) in [7, 11) is 0. The number of hydrogen-bond donors (Lipinski definition) is 1. The van der Waals surface area contributed by atoms with E-state index in [2.05, 4.69) is 0 Å². The van der Waals surface area contributed by atoms with E-state index in [4.69, 9.17) is 4.55 Å². The van der Waals surface area contributed by atoms with Gasteiger partial charge in [0.05, 0.1) is 11.9 Å². The van der Waals surface area contributed by atoms with Gasteiger partial charge >= 0.3 is 37.7 Å². The molecule has 1 aromatic carbocycles. The van der Waals surface area contributed by atoms with Gasteiger partial charge in [0.15, 0.2) is 0 Å². The largest absolute Gasteiger partial charge is 2.00 e. The molecule has 0 aliphatic rings. The van der Waals surface area contributed by atoms with Gasteiger partial charge in [-0.05, 0) is 35.7 Å². The Morgan fingerprint density at radius 2 is 1.67 bits per heavy atom. The van der Waals surface area contributed by atoms with E-state index < -0.39 is 11.9 Å². The average molecular weight is 296 g/mol. The molecule has 0 aromatic heterocycles. The van der Waals surface area contributed by atoms with Crippen molar-refractivity contribution in [1.29, 1.82) is 0 Å². The number of hydrogen-bond acceptors (Lipinski definition) is 6. The fourth-order valence-electron chi connectivity index (χ4n) is 0.864. The van der Waals surface area contributed by atoms with Crippen molar-refractivity contribution in [2.45, 2.75) is 13.3 Å². The number of carboxylic acid groups (broad SMARTS) is 2. The molecule has 94 valence electrons. The van der Waals surface area contributed by atoms with Crippen LogP contribution in [0.2, 0.25) is 0 Å². The van der Waals surface area contributed by atoms with Gasteiger partial charge in [-0.15, -0.1) is 0 Å². The van der Waals surface area contributed by atoms with Crippen molar-refractivity contribution < 1.29 is 24.4 Å². The Kier molecular flexibility index (Phi) is 13.1. The van der Waals surface area contributed by atoms with E-state index in [-0.39, 0.29) is 48.9 Å². The number of aromatic carboxylic acids is 2. The predicted octanol–water partition coefficient (Wildman–Crippen LogP) is -0.365. The van der Waals surface area contributed by atoms with E-state index in [1.165, 1.54) is 18.2 Å². The van der Waals surface area contributed by atoms with E-state index in [0.29, 0.717) is 0 Å². The first-order valence-electron chi connectivity index (χ1n) is 4.82. The molecule has 0 aliphatic heterocycles. The normalized spacial score (nSPS) is 8.56. The molecule has 18 heavy (non-hydrogen) atoms. The molecule has 1 aromatic rings. The van der Waals surface area contributed by atoms with Crippen molar-refractivity contribution in [3.63, 3.8) is 0 Å². The predicted molar refractivity (Wildman–Crippen MR) is 66.2 cm³/mol. The summed E-state index contributed by atoms with van der Waals surface area (Å²) < 4.78 is 7.98. The monoisotopic (exact) mass is 296 g/mol. The standard InChI is InChI=1S/C8H6O4.C3H8OS.Ca/c9-7(10)5-2-1-3-6(4-5)8(11)12;1-2-3-5-4;/h1-4H,(H,9,10)(H,11,12);4H,2-3H2,1H3;/q;;+2/p-2. The maximum absolute atomic E-state index is 10.3. The Morgan fingerprint density at radius 3 is 1.89 bits per heavy atom. The molecule has 0 radical (unpaired) electrons. The Bertz CT molecular complexity index is 352. The third-order valence-corrected chi connectivity index (χ3v) is 2.22. The summed E-state index contributed by atoms with van der Waals surface area (Å²) in [5.74, 6) is -1.95. The van der Waals surface area contributed by atoms with Crippen LogP contribution in [0.25, 0.3) is 0 Å². The topological polar surface area (TPSA) is 100 Å². The number of carbonyl (C=O) groups is 2. The van der Waals surface area contributed by atoms with Gasteiger partial charge in [-0.3, -0.25) is 0 Å². The van der Waals surface area contributed by atoms with Crippen LogP contribution in [0.5, 0.6) is 0 Å². The Hall–Kier alpha value is -0.270. The summed E-state index contributed by atoms with van der Waals surface area (Å²) in [4.78, 5) is 20.5. The van der Waals surface area contributed by atoms with Gasteiger partial charge in [0.1, 0.15) is 0 Å². The average Bonchev–Trinajstić information content (AvgIpc) is 2.31.